The van der Waals surface area contributed by atoms with Crippen molar-refractivity contribution in [2.45, 2.75) is 0 Å². The Morgan fingerprint density at radius 3 is 2.75 bits per heavy atom. The average molecular weight is 219 g/mol. The van der Waals surface area contributed by atoms with Gasteiger partial charge in [0, 0.05) is 32.6 Å². The molecule has 16 heavy (non-hydrogen) atoms. The van der Waals surface area contributed by atoms with E-state index in [2.05, 4.69) is 10.4 Å². The van der Waals surface area contributed by atoms with Crippen LogP contribution in [0.25, 0.3) is 0 Å². The zero-order valence-electron chi connectivity index (χ0n) is 9.14. The molecule has 2 aromatic rings. The lowest BCUT2D eigenvalue weighted by Crippen LogP contribution is -2.15. The Morgan fingerprint density at radius 2 is 2.25 bits per heavy atom. The molecule has 0 aromatic carbocycles. The normalized spacial score (nSPS) is 10.4. The van der Waals surface area contributed by atoms with Crippen LogP contribution in [0.3, 0.4) is 0 Å². The van der Waals surface area contributed by atoms with Crippen molar-refractivity contribution in [1.29, 1.82) is 0 Å². The fourth-order valence-corrected chi connectivity index (χ4v) is 1.48. The molecule has 0 saturated carbocycles. The number of aryl methyl sites for hydroxylation is 2. The molecule has 0 fully saturated rings. The second-order valence-electron chi connectivity index (χ2n) is 3.60. The minimum absolute atomic E-state index is 0.224. The number of nitrogens with one attached hydrogen (secondary N) is 1. The van der Waals surface area contributed by atoms with Gasteiger partial charge in [-0.25, -0.2) is 0 Å². The minimum Gasteiger partial charge on any atom is -0.397 e. The van der Waals surface area contributed by atoms with Crippen molar-refractivity contribution in [3.05, 3.63) is 30.2 Å². The summed E-state index contributed by atoms with van der Waals surface area (Å²) in [7, 11) is 3.56. The van der Waals surface area contributed by atoms with Gasteiger partial charge in [0.15, 0.2) is 5.82 Å². The number of hydrogen-bond donors (Lipinski definition) is 2. The lowest BCUT2D eigenvalue weighted by atomic mass is 10.4. The fourth-order valence-electron chi connectivity index (χ4n) is 1.48. The van der Waals surface area contributed by atoms with Crippen LogP contribution in [0.2, 0.25) is 0 Å². The maximum absolute atomic E-state index is 11.8. The molecular formula is C10H13N5O. The summed E-state index contributed by atoms with van der Waals surface area (Å²) in [4.78, 5) is 11.8. The molecule has 0 aliphatic heterocycles. The van der Waals surface area contributed by atoms with E-state index in [0.29, 0.717) is 17.2 Å². The van der Waals surface area contributed by atoms with Gasteiger partial charge in [0.1, 0.15) is 5.69 Å². The van der Waals surface area contributed by atoms with Gasteiger partial charge in [0.2, 0.25) is 0 Å². The average Bonchev–Trinajstić information content (AvgIpc) is 2.73. The van der Waals surface area contributed by atoms with Gasteiger partial charge in [0.25, 0.3) is 5.91 Å². The number of nitrogen functional groups attached to an aromatic ring is 1. The Hall–Kier alpha value is -2.24. The molecule has 2 aromatic heterocycles. The van der Waals surface area contributed by atoms with Gasteiger partial charge in [-0.1, -0.05) is 0 Å². The van der Waals surface area contributed by atoms with E-state index in [1.807, 2.05) is 0 Å². The van der Waals surface area contributed by atoms with Crippen molar-refractivity contribution < 1.29 is 4.79 Å². The van der Waals surface area contributed by atoms with Crippen LogP contribution in [0.15, 0.2) is 24.5 Å². The smallest absolute Gasteiger partial charge is 0.273 e. The Bertz CT molecular complexity index is 525. The monoisotopic (exact) mass is 219 g/mol. The van der Waals surface area contributed by atoms with E-state index in [-0.39, 0.29) is 5.91 Å². The lowest BCUT2D eigenvalue weighted by Gasteiger charge is -2.02. The first-order valence-corrected chi connectivity index (χ1v) is 4.79. The standard InChI is InChI=1S/C10H13N5O/c1-14-6-7(11)5-8(14)10(16)12-9-3-4-15(2)13-9/h3-6H,11H2,1-2H3,(H,12,13,16). The summed E-state index contributed by atoms with van der Waals surface area (Å²) in [5.74, 6) is 0.296. The quantitative estimate of drug-likeness (QED) is 0.776. The zero-order chi connectivity index (χ0) is 11.7. The van der Waals surface area contributed by atoms with E-state index >= 15 is 0 Å². The SMILES string of the molecule is Cn1ccc(NC(=O)c2cc(N)cn2C)n1. The second kappa shape index (κ2) is 3.73. The van der Waals surface area contributed by atoms with E-state index < -0.39 is 0 Å². The minimum atomic E-state index is -0.224. The third kappa shape index (κ3) is 1.90. The summed E-state index contributed by atoms with van der Waals surface area (Å²) in [5.41, 5.74) is 6.66. The topological polar surface area (TPSA) is 77.9 Å². The first kappa shape index (κ1) is 10.3. The molecule has 0 bridgehead atoms. The number of aromatic nitrogens is 3. The highest BCUT2D eigenvalue weighted by Gasteiger charge is 2.11. The molecule has 2 rings (SSSR count). The Kier molecular flexibility index (Phi) is 2.40. The Balaban J connectivity index is 2.17. The number of hydrogen-bond acceptors (Lipinski definition) is 3. The molecule has 3 N–H and O–H groups in total. The van der Waals surface area contributed by atoms with Crippen molar-refractivity contribution in [3.8, 4) is 0 Å². The van der Waals surface area contributed by atoms with Gasteiger partial charge < -0.3 is 15.6 Å². The number of rotatable bonds is 2. The summed E-state index contributed by atoms with van der Waals surface area (Å²) in [6.07, 6.45) is 3.45. The number of anilines is 2. The Labute approximate surface area is 92.7 Å². The van der Waals surface area contributed by atoms with E-state index in [1.54, 1.807) is 47.9 Å². The molecule has 0 spiro atoms. The van der Waals surface area contributed by atoms with E-state index in [1.165, 1.54) is 0 Å². The van der Waals surface area contributed by atoms with Crippen LogP contribution in [0.4, 0.5) is 11.5 Å². The van der Waals surface area contributed by atoms with Crippen molar-refractivity contribution >= 4 is 17.4 Å². The summed E-state index contributed by atoms with van der Waals surface area (Å²) in [6, 6.07) is 3.35. The van der Waals surface area contributed by atoms with Crippen LogP contribution >= 0.6 is 0 Å². The van der Waals surface area contributed by atoms with Crippen LogP contribution in [-0.2, 0) is 14.1 Å². The van der Waals surface area contributed by atoms with Crippen LogP contribution in [0, 0.1) is 0 Å². The van der Waals surface area contributed by atoms with Crippen molar-refractivity contribution in [1.82, 2.24) is 14.3 Å². The second-order valence-corrected chi connectivity index (χ2v) is 3.60. The van der Waals surface area contributed by atoms with Crippen molar-refractivity contribution in [2.75, 3.05) is 11.1 Å². The van der Waals surface area contributed by atoms with Crippen LogP contribution in [0.5, 0.6) is 0 Å². The molecule has 0 aliphatic rings. The Morgan fingerprint density at radius 1 is 1.50 bits per heavy atom. The largest absolute Gasteiger partial charge is 0.397 e. The number of carbonyl (C=O) groups is 1. The summed E-state index contributed by atoms with van der Waals surface area (Å²) < 4.78 is 3.29. The molecule has 0 radical (unpaired) electrons. The highest BCUT2D eigenvalue weighted by atomic mass is 16.2. The van der Waals surface area contributed by atoms with Gasteiger partial charge in [-0.2, -0.15) is 5.10 Å². The van der Waals surface area contributed by atoms with Crippen LogP contribution < -0.4 is 11.1 Å². The van der Waals surface area contributed by atoms with Crippen molar-refractivity contribution in [2.24, 2.45) is 14.1 Å². The first-order valence-electron chi connectivity index (χ1n) is 4.79. The number of amides is 1. The predicted molar refractivity (Wildman–Crippen MR) is 61.0 cm³/mol. The molecule has 6 nitrogen and oxygen atoms in total. The van der Waals surface area contributed by atoms with Crippen LogP contribution in [-0.4, -0.2) is 20.3 Å². The van der Waals surface area contributed by atoms with Gasteiger partial charge in [0.05, 0.1) is 5.69 Å². The van der Waals surface area contributed by atoms with E-state index in [0.717, 1.165) is 0 Å². The highest BCUT2D eigenvalue weighted by molar-refractivity contribution is 6.03. The molecule has 0 unspecified atom stereocenters. The maximum Gasteiger partial charge on any atom is 0.273 e. The first-order chi connectivity index (χ1) is 7.56. The highest BCUT2D eigenvalue weighted by Crippen LogP contribution is 2.11. The number of nitrogens with zero attached hydrogens (tertiary/aromatic N) is 3. The molecule has 0 aliphatic carbocycles. The number of nitrogens with two attached hydrogens (primary N) is 1. The lowest BCUT2D eigenvalue weighted by molar-refractivity contribution is 0.101. The van der Waals surface area contributed by atoms with Crippen LogP contribution in [0.1, 0.15) is 10.5 Å². The third-order valence-electron chi connectivity index (χ3n) is 2.21. The van der Waals surface area contributed by atoms with Crippen molar-refractivity contribution in [3.63, 3.8) is 0 Å². The molecule has 2 heterocycles. The zero-order valence-corrected chi connectivity index (χ0v) is 9.14. The summed E-state index contributed by atoms with van der Waals surface area (Å²) >= 11 is 0. The molecule has 0 saturated heterocycles. The number of carbonyl (C=O) groups excluding carboxylic acids is 1. The summed E-state index contributed by atoms with van der Waals surface area (Å²) in [6.45, 7) is 0. The van der Waals surface area contributed by atoms with Gasteiger partial charge in [-0.3, -0.25) is 9.48 Å². The predicted octanol–water partition coefficient (Wildman–Crippen LogP) is 0.593. The van der Waals surface area contributed by atoms with Gasteiger partial charge >= 0.3 is 0 Å². The van der Waals surface area contributed by atoms with E-state index in [9.17, 15) is 4.79 Å². The fraction of sp³-hybridized carbons (Fsp3) is 0.200. The van der Waals surface area contributed by atoms with Gasteiger partial charge in [-0.05, 0) is 6.07 Å². The third-order valence-corrected chi connectivity index (χ3v) is 2.21. The molecule has 84 valence electrons. The molecule has 6 heteroatoms. The van der Waals surface area contributed by atoms with Gasteiger partial charge in [-0.15, -0.1) is 0 Å². The summed E-state index contributed by atoms with van der Waals surface area (Å²) in [5, 5.41) is 6.74. The molecule has 1 amide bonds. The maximum atomic E-state index is 11.8. The van der Waals surface area contributed by atoms with E-state index in [4.69, 9.17) is 5.73 Å². The molecule has 0 atom stereocenters. The molecular weight excluding hydrogens is 206 g/mol.